The van der Waals surface area contributed by atoms with Crippen molar-refractivity contribution in [1.29, 1.82) is 0 Å². The van der Waals surface area contributed by atoms with Crippen LogP contribution < -0.4 is 10.1 Å². The van der Waals surface area contributed by atoms with Gasteiger partial charge in [0.25, 0.3) is 0 Å². The van der Waals surface area contributed by atoms with E-state index in [1.54, 1.807) is 13.3 Å². The van der Waals surface area contributed by atoms with Crippen LogP contribution in [0.4, 0.5) is 5.82 Å². The zero-order valence-corrected chi connectivity index (χ0v) is 12.4. The maximum atomic E-state index is 5.07. The van der Waals surface area contributed by atoms with Gasteiger partial charge >= 0.3 is 0 Å². The number of anilines is 1. The fraction of sp³-hybridized carbons (Fsp3) is 0.400. The van der Waals surface area contributed by atoms with E-state index >= 15 is 0 Å². The fourth-order valence-electron chi connectivity index (χ4n) is 2.01. The molecule has 0 saturated carbocycles. The summed E-state index contributed by atoms with van der Waals surface area (Å²) in [5.74, 6) is 2.17. The van der Waals surface area contributed by atoms with Crippen LogP contribution in [0.15, 0.2) is 18.3 Å². The Morgan fingerprint density at radius 2 is 2.00 bits per heavy atom. The Morgan fingerprint density at radius 3 is 2.55 bits per heavy atom. The van der Waals surface area contributed by atoms with E-state index in [-0.39, 0.29) is 0 Å². The number of methoxy groups -OCH3 is 1. The van der Waals surface area contributed by atoms with Crippen LogP contribution in [0, 0.1) is 6.92 Å². The monoisotopic (exact) mass is 272 g/mol. The highest BCUT2D eigenvalue weighted by molar-refractivity contribution is 5.59. The molecule has 0 unspecified atom stereocenters. The average Bonchev–Trinajstić information content (AvgIpc) is 2.49. The van der Waals surface area contributed by atoms with Gasteiger partial charge in [-0.15, -0.1) is 0 Å². The summed E-state index contributed by atoms with van der Waals surface area (Å²) >= 11 is 0. The molecule has 2 heterocycles. The van der Waals surface area contributed by atoms with Crippen molar-refractivity contribution in [3.8, 4) is 17.3 Å². The first-order chi connectivity index (χ1) is 9.69. The molecule has 0 saturated heterocycles. The van der Waals surface area contributed by atoms with Gasteiger partial charge in [-0.05, 0) is 26.3 Å². The number of pyridine rings is 1. The Balaban J connectivity index is 2.46. The topological polar surface area (TPSA) is 59.9 Å². The van der Waals surface area contributed by atoms with E-state index < -0.39 is 0 Å². The second-order valence-electron chi connectivity index (χ2n) is 4.44. The number of nitrogens with zero attached hydrogens (tertiary/aromatic N) is 3. The molecule has 0 spiro atoms. The van der Waals surface area contributed by atoms with Crippen molar-refractivity contribution in [3.05, 3.63) is 29.6 Å². The summed E-state index contributed by atoms with van der Waals surface area (Å²) in [6.45, 7) is 7.04. The second kappa shape index (κ2) is 6.32. The Hall–Kier alpha value is -2.17. The van der Waals surface area contributed by atoms with Crippen molar-refractivity contribution < 1.29 is 4.74 Å². The lowest BCUT2D eigenvalue weighted by Crippen LogP contribution is -2.07. The number of rotatable bonds is 5. The van der Waals surface area contributed by atoms with E-state index in [0.29, 0.717) is 11.7 Å². The zero-order valence-electron chi connectivity index (χ0n) is 12.4. The minimum absolute atomic E-state index is 0.587. The van der Waals surface area contributed by atoms with E-state index in [1.807, 2.05) is 19.1 Å². The zero-order chi connectivity index (χ0) is 14.5. The third kappa shape index (κ3) is 2.87. The molecule has 1 N–H and O–H groups in total. The molecule has 0 aromatic carbocycles. The standard InChI is InChI=1S/C15H20N4O/c1-5-12-10(3)14(16-6-2)19-15(18-12)11-7-8-13(20-4)17-9-11/h7-9H,5-6H2,1-4H3,(H,16,18,19). The van der Waals surface area contributed by atoms with Gasteiger partial charge in [0.05, 0.1) is 7.11 Å². The minimum Gasteiger partial charge on any atom is -0.481 e. The molecule has 0 aliphatic heterocycles. The van der Waals surface area contributed by atoms with Crippen LogP contribution in [0.5, 0.6) is 5.88 Å². The first-order valence-corrected chi connectivity index (χ1v) is 6.81. The van der Waals surface area contributed by atoms with Gasteiger partial charge in [0.2, 0.25) is 5.88 Å². The predicted octanol–water partition coefficient (Wildman–Crippen LogP) is 2.85. The van der Waals surface area contributed by atoms with E-state index in [4.69, 9.17) is 4.74 Å². The number of ether oxygens (including phenoxy) is 1. The van der Waals surface area contributed by atoms with Crippen molar-refractivity contribution >= 4 is 5.82 Å². The molecule has 20 heavy (non-hydrogen) atoms. The van der Waals surface area contributed by atoms with Crippen LogP contribution in [0.2, 0.25) is 0 Å². The first kappa shape index (κ1) is 14.2. The summed E-state index contributed by atoms with van der Waals surface area (Å²) in [6, 6.07) is 3.74. The Kier molecular flexibility index (Phi) is 4.50. The third-order valence-electron chi connectivity index (χ3n) is 3.13. The molecular weight excluding hydrogens is 252 g/mol. The van der Waals surface area contributed by atoms with Crippen molar-refractivity contribution in [3.63, 3.8) is 0 Å². The minimum atomic E-state index is 0.587. The lowest BCUT2D eigenvalue weighted by molar-refractivity contribution is 0.398. The van der Waals surface area contributed by atoms with Crippen LogP contribution in [0.1, 0.15) is 25.1 Å². The third-order valence-corrected chi connectivity index (χ3v) is 3.13. The number of nitrogens with one attached hydrogen (secondary N) is 1. The van der Waals surface area contributed by atoms with Gasteiger partial charge in [-0.1, -0.05) is 6.92 Å². The molecule has 2 aromatic rings. The van der Waals surface area contributed by atoms with Crippen LogP contribution in [-0.4, -0.2) is 28.6 Å². The Bertz CT molecular complexity index is 581. The van der Waals surface area contributed by atoms with Crippen LogP contribution >= 0.6 is 0 Å². The molecule has 5 nitrogen and oxygen atoms in total. The van der Waals surface area contributed by atoms with Crippen molar-refractivity contribution in [2.24, 2.45) is 0 Å². The van der Waals surface area contributed by atoms with Crippen LogP contribution in [0.25, 0.3) is 11.4 Å². The van der Waals surface area contributed by atoms with Gasteiger partial charge in [0, 0.05) is 35.6 Å². The van der Waals surface area contributed by atoms with Gasteiger partial charge in [-0.3, -0.25) is 0 Å². The number of aryl methyl sites for hydroxylation is 1. The highest BCUT2D eigenvalue weighted by Gasteiger charge is 2.11. The van der Waals surface area contributed by atoms with Gasteiger partial charge < -0.3 is 10.1 Å². The van der Waals surface area contributed by atoms with Crippen LogP contribution in [-0.2, 0) is 6.42 Å². The molecule has 2 aromatic heterocycles. The Morgan fingerprint density at radius 1 is 1.20 bits per heavy atom. The summed E-state index contributed by atoms with van der Waals surface area (Å²) in [6.07, 6.45) is 2.61. The summed E-state index contributed by atoms with van der Waals surface area (Å²) < 4.78 is 5.07. The van der Waals surface area contributed by atoms with Gasteiger partial charge in [0.15, 0.2) is 5.82 Å². The number of hydrogen-bond donors (Lipinski definition) is 1. The van der Waals surface area contributed by atoms with Gasteiger partial charge in [-0.2, -0.15) is 0 Å². The molecule has 0 amide bonds. The molecule has 0 aliphatic rings. The SMILES string of the molecule is CCNc1nc(-c2ccc(OC)nc2)nc(CC)c1C. The number of aromatic nitrogens is 3. The summed E-state index contributed by atoms with van der Waals surface area (Å²) in [4.78, 5) is 13.4. The highest BCUT2D eigenvalue weighted by Crippen LogP contribution is 2.22. The molecule has 0 atom stereocenters. The fourth-order valence-corrected chi connectivity index (χ4v) is 2.01. The molecule has 0 bridgehead atoms. The van der Waals surface area contributed by atoms with Gasteiger partial charge in [0.1, 0.15) is 5.82 Å². The smallest absolute Gasteiger partial charge is 0.212 e. The lowest BCUT2D eigenvalue weighted by atomic mass is 10.1. The average molecular weight is 272 g/mol. The maximum absolute atomic E-state index is 5.07. The molecule has 0 aliphatic carbocycles. The first-order valence-electron chi connectivity index (χ1n) is 6.81. The Labute approximate surface area is 119 Å². The van der Waals surface area contributed by atoms with Crippen LogP contribution in [0.3, 0.4) is 0 Å². The van der Waals surface area contributed by atoms with Crippen molar-refractivity contribution in [1.82, 2.24) is 15.0 Å². The molecule has 106 valence electrons. The normalized spacial score (nSPS) is 10.4. The molecule has 0 radical (unpaired) electrons. The van der Waals surface area contributed by atoms with E-state index in [9.17, 15) is 0 Å². The van der Waals surface area contributed by atoms with E-state index in [1.165, 1.54) is 0 Å². The second-order valence-corrected chi connectivity index (χ2v) is 4.44. The van der Waals surface area contributed by atoms with E-state index in [0.717, 1.165) is 35.6 Å². The van der Waals surface area contributed by atoms with Crippen molar-refractivity contribution in [2.75, 3.05) is 19.0 Å². The van der Waals surface area contributed by atoms with E-state index in [2.05, 4.69) is 34.1 Å². The molecule has 2 rings (SSSR count). The van der Waals surface area contributed by atoms with Crippen molar-refractivity contribution in [2.45, 2.75) is 27.2 Å². The van der Waals surface area contributed by atoms with Gasteiger partial charge in [-0.25, -0.2) is 15.0 Å². The summed E-state index contributed by atoms with van der Waals surface area (Å²) in [5, 5.41) is 3.29. The molecule has 5 heteroatoms. The summed E-state index contributed by atoms with van der Waals surface area (Å²) in [5.41, 5.74) is 3.06. The highest BCUT2D eigenvalue weighted by atomic mass is 16.5. The predicted molar refractivity (Wildman–Crippen MR) is 80.1 cm³/mol. The summed E-state index contributed by atoms with van der Waals surface area (Å²) in [7, 11) is 1.60. The molecular formula is C15H20N4O. The molecule has 0 fully saturated rings. The quantitative estimate of drug-likeness (QED) is 0.907. The lowest BCUT2D eigenvalue weighted by Gasteiger charge is -2.12. The number of hydrogen-bond acceptors (Lipinski definition) is 5. The largest absolute Gasteiger partial charge is 0.481 e. The maximum Gasteiger partial charge on any atom is 0.212 e.